The van der Waals surface area contributed by atoms with Crippen LogP contribution in [0.25, 0.3) is 0 Å². The summed E-state index contributed by atoms with van der Waals surface area (Å²) in [6, 6.07) is 0.761. The van der Waals surface area contributed by atoms with E-state index in [4.69, 9.17) is 4.74 Å². The molecule has 0 aliphatic heterocycles. The van der Waals surface area contributed by atoms with Gasteiger partial charge < -0.3 is 9.64 Å². The summed E-state index contributed by atoms with van der Waals surface area (Å²) in [4.78, 5) is 22.2. The molecule has 0 unspecified atom stereocenters. The molecule has 26 heavy (non-hydrogen) atoms. The minimum Gasteiger partial charge on any atom is -0.419 e. The molecule has 0 atom stereocenters. The molecule has 0 aliphatic rings. The van der Waals surface area contributed by atoms with Gasteiger partial charge in [0.15, 0.2) is 11.4 Å². The summed E-state index contributed by atoms with van der Waals surface area (Å²) in [6.45, 7) is 5.08. The zero-order chi connectivity index (χ0) is 19.3. The summed E-state index contributed by atoms with van der Waals surface area (Å²) in [5, 5.41) is 3.36. The van der Waals surface area contributed by atoms with Gasteiger partial charge in [-0.3, -0.25) is 9.78 Å². The Hall–Kier alpha value is -2.65. The molecule has 10 heteroatoms. The van der Waals surface area contributed by atoms with Gasteiger partial charge in [-0.1, -0.05) is 13.8 Å². The van der Waals surface area contributed by atoms with Crippen LogP contribution in [0.1, 0.15) is 42.9 Å². The molecule has 0 radical (unpaired) electrons. The molecule has 142 valence electrons. The standard InChI is InChI=1S/C16H20F3N5O2/c1-4-6-24(7-5-2)15(25)11-9-20-10-13(21-11)26-14-8-12(16(17,18)19)22-23(14)3/h8-10H,4-7H2,1-3H3. The van der Waals surface area contributed by atoms with E-state index in [2.05, 4.69) is 15.1 Å². The Morgan fingerprint density at radius 3 is 2.42 bits per heavy atom. The number of aryl methyl sites for hydroxylation is 1. The number of rotatable bonds is 7. The Morgan fingerprint density at radius 1 is 1.23 bits per heavy atom. The molecule has 2 heterocycles. The molecular weight excluding hydrogens is 351 g/mol. The second-order valence-corrected chi connectivity index (χ2v) is 5.63. The predicted octanol–water partition coefficient (Wildman–Crippen LogP) is 3.28. The summed E-state index contributed by atoms with van der Waals surface area (Å²) >= 11 is 0. The predicted molar refractivity (Wildman–Crippen MR) is 86.8 cm³/mol. The Kier molecular flexibility index (Phi) is 6.17. The number of ether oxygens (including phenoxy) is 1. The van der Waals surface area contributed by atoms with Crippen molar-refractivity contribution in [2.45, 2.75) is 32.9 Å². The van der Waals surface area contributed by atoms with Crippen LogP contribution in [-0.4, -0.2) is 43.6 Å². The van der Waals surface area contributed by atoms with Gasteiger partial charge in [-0.15, -0.1) is 0 Å². The fraction of sp³-hybridized carbons (Fsp3) is 0.500. The molecule has 0 spiro atoms. The van der Waals surface area contributed by atoms with E-state index in [-0.39, 0.29) is 23.4 Å². The number of alkyl halides is 3. The average Bonchev–Trinajstić information content (AvgIpc) is 2.95. The van der Waals surface area contributed by atoms with Crippen LogP contribution < -0.4 is 4.74 Å². The molecule has 0 fully saturated rings. The normalized spacial score (nSPS) is 11.5. The summed E-state index contributed by atoms with van der Waals surface area (Å²) in [5.74, 6) is -0.539. The van der Waals surface area contributed by atoms with E-state index in [1.165, 1.54) is 19.4 Å². The molecule has 0 saturated carbocycles. The maximum atomic E-state index is 12.7. The van der Waals surface area contributed by atoms with Crippen molar-refractivity contribution in [1.29, 1.82) is 0 Å². The van der Waals surface area contributed by atoms with Crippen LogP contribution in [0.15, 0.2) is 18.5 Å². The van der Waals surface area contributed by atoms with Crippen LogP contribution in [0, 0.1) is 0 Å². The third-order valence-electron chi connectivity index (χ3n) is 3.44. The fourth-order valence-electron chi connectivity index (χ4n) is 2.31. The van der Waals surface area contributed by atoms with E-state index >= 15 is 0 Å². The largest absolute Gasteiger partial charge is 0.435 e. The lowest BCUT2D eigenvalue weighted by Gasteiger charge is -2.20. The molecule has 1 amide bonds. The smallest absolute Gasteiger partial charge is 0.419 e. The van der Waals surface area contributed by atoms with E-state index in [1.54, 1.807) is 4.90 Å². The van der Waals surface area contributed by atoms with Crippen LogP contribution in [0.4, 0.5) is 13.2 Å². The molecule has 2 aromatic heterocycles. The van der Waals surface area contributed by atoms with Crippen molar-refractivity contribution < 1.29 is 22.7 Å². The van der Waals surface area contributed by atoms with Crippen molar-refractivity contribution in [2.75, 3.05) is 13.1 Å². The number of halogens is 3. The first-order valence-electron chi connectivity index (χ1n) is 8.16. The first kappa shape index (κ1) is 19.7. The van der Waals surface area contributed by atoms with Crippen molar-refractivity contribution >= 4 is 5.91 Å². The van der Waals surface area contributed by atoms with Gasteiger partial charge in [0, 0.05) is 26.2 Å². The zero-order valence-corrected chi connectivity index (χ0v) is 14.7. The third-order valence-corrected chi connectivity index (χ3v) is 3.44. The topological polar surface area (TPSA) is 73.1 Å². The Bertz CT molecular complexity index is 755. The Morgan fingerprint density at radius 2 is 1.88 bits per heavy atom. The van der Waals surface area contributed by atoms with E-state index in [9.17, 15) is 18.0 Å². The summed E-state index contributed by atoms with van der Waals surface area (Å²) in [5.41, 5.74) is -1.00. The molecule has 0 bridgehead atoms. The first-order chi connectivity index (χ1) is 12.3. The number of carbonyl (C=O) groups excluding carboxylic acids is 1. The van der Waals surface area contributed by atoms with Gasteiger partial charge in [0.25, 0.3) is 5.91 Å². The van der Waals surface area contributed by atoms with Gasteiger partial charge in [-0.25, -0.2) is 9.67 Å². The van der Waals surface area contributed by atoms with Crippen molar-refractivity contribution in [3.05, 3.63) is 29.8 Å². The molecular formula is C16H20F3N5O2. The van der Waals surface area contributed by atoms with Crippen LogP contribution in [-0.2, 0) is 13.2 Å². The molecule has 0 saturated heterocycles. The van der Waals surface area contributed by atoms with Gasteiger partial charge in [0.05, 0.1) is 12.4 Å². The number of carbonyl (C=O) groups is 1. The summed E-state index contributed by atoms with van der Waals surface area (Å²) in [7, 11) is 1.32. The van der Waals surface area contributed by atoms with Crippen molar-refractivity contribution in [1.82, 2.24) is 24.6 Å². The number of hydrogen-bond acceptors (Lipinski definition) is 5. The van der Waals surface area contributed by atoms with Crippen LogP contribution in [0.3, 0.4) is 0 Å². The second-order valence-electron chi connectivity index (χ2n) is 5.63. The fourth-order valence-corrected chi connectivity index (χ4v) is 2.31. The van der Waals surface area contributed by atoms with Crippen LogP contribution in [0.2, 0.25) is 0 Å². The Labute approximate surface area is 148 Å². The number of aromatic nitrogens is 4. The maximum absolute atomic E-state index is 12.7. The van der Waals surface area contributed by atoms with Crippen molar-refractivity contribution in [3.8, 4) is 11.8 Å². The number of hydrogen-bond donors (Lipinski definition) is 0. The molecule has 7 nitrogen and oxygen atoms in total. The number of nitrogens with zero attached hydrogens (tertiary/aromatic N) is 5. The highest BCUT2D eigenvalue weighted by atomic mass is 19.4. The maximum Gasteiger partial charge on any atom is 0.435 e. The summed E-state index contributed by atoms with van der Waals surface area (Å²) < 4.78 is 44.4. The van der Waals surface area contributed by atoms with Crippen LogP contribution in [0.5, 0.6) is 11.8 Å². The highest BCUT2D eigenvalue weighted by Crippen LogP contribution is 2.31. The third kappa shape index (κ3) is 4.70. The monoisotopic (exact) mass is 371 g/mol. The molecule has 2 aromatic rings. The summed E-state index contributed by atoms with van der Waals surface area (Å²) in [6.07, 6.45) is -0.461. The van der Waals surface area contributed by atoms with E-state index < -0.39 is 11.9 Å². The lowest BCUT2D eigenvalue weighted by molar-refractivity contribution is -0.141. The van der Waals surface area contributed by atoms with E-state index in [1.807, 2.05) is 13.8 Å². The van der Waals surface area contributed by atoms with Crippen molar-refractivity contribution in [3.63, 3.8) is 0 Å². The molecule has 0 aliphatic carbocycles. The second kappa shape index (κ2) is 8.15. The highest BCUT2D eigenvalue weighted by Gasteiger charge is 2.35. The van der Waals surface area contributed by atoms with Gasteiger partial charge in [-0.2, -0.15) is 18.3 Å². The minimum absolute atomic E-state index is 0.0719. The minimum atomic E-state index is -4.58. The van der Waals surface area contributed by atoms with Gasteiger partial charge in [0.2, 0.25) is 11.8 Å². The lowest BCUT2D eigenvalue weighted by atomic mass is 10.3. The van der Waals surface area contributed by atoms with Gasteiger partial charge >= 0.3 is 6.18 Å². The SMILES string of the molecule is CCCN(CCC)C(=O)c1cncc(Oc2cc(C(F)(F)F)nn2C)n1. The average molecular weight is 371 g/mol. The van der Waals surface area contributed by atoms with Crippen LogP contribution >= 0.6 is 0 Å². The lowest BCUT2D eigenvalue weighted by Crippen LogP contribution is -2.33. The van der Waals surface area contributed by atoms with Gasteiger partial charge in [-0.05, 0) is 12.8 Å². The highest BCUT2D eigenvalue weighted by molar-refractivity contribution is 5.92. The van der Waals surface area contributed by atoms with E-state index in [0.29, 0.717) is 13.1 Å². The van der Waals surface area contributed by atoms with E-state index in [0.717, 1.165) is 23.6 Å². The number of amides is 1. The first-order valence-corrected chi connectivity index (χ1v) is 8.16. The zero-order valence-electron chi connectivity index (χ0n) is 14.7. The molecule has 0 aromatic carbocycles. The van der Waals surface area contributed by atoms with Gasteiger partial charge in [0.1, 0.15) is 0 Å². The molecule has 0 N–H and O–H groups in total. The Balaban J connectivity index is 2.22. The quantitative estimate of drug-likeness (QED) is 0.747. The molecule has 2 rings (SSSR count). The van der Waals surface area contributed by atoms with Crippen molar-refractivity contribution in [2.24, 2.45) is 7.05 Å².